The minimum absolute atomic E-state index is 0.170. The van der Waals surface area contributed by atoms with Crippen LogP contribution in [0.4, 0.5) is 0 Å². The fourth-order valence-electron chi connectivity index (χ4n) is 2.40. The highest BCUT2D eigenvalue weighted by Gasteiger charge is 2.24. The first-order valence-electron chi connectivity index (χ1n) is 6.26. The molecule has 0 radical (unpaired) electrons. The number of amides is 1. The molecule has 86 valence electrons. The summed E-state index contributed by atoms with van der Waals surface area (Å²) in [6.45, 7) is 3.84. The lowest BCUT2D eigenvalue weighted by Crippen LogP contribution is -2.37. The van der Waals surface area contributed by atoms with Crippen LogP contribution in [0.3, 0.4) is 0 Å². The van der Waals surface area contributed by atoms with Gasteiger partial charge >= 0.3 is 0 Å². The van der Waals surface area contributed by atoms with Crippen molar-refractivity contribution in [3.05, 3.63) is 0 Å². The smallest absolute Gasteiger partial charge is 0.234 e. The predicted molar refractivity (Wildman–Crippen MR) is 60.5 cm³/mol. The Hall–Kier alpha value is -0.570. The molecule has 2 rings (SSSR count). The zero-order valence-electron chi connectivity index (χ0n) is 9.59. The first-order valence-corrected chi connectivity index (χ1v) is 6.26. The fourth-order valence-corrected chi connectivity index (χ4v) is 2.40. The van der Waals surface area contributed by atoms with Gasteiger partial charge in [0.25, 0.3) is 0 Å². The lowest BCUT2D eigenvalue weighted by Gasteiger charge is -2.15. The van der Waals surface area contributed by atoms with Gasteiger partial charge in [-0.1, -0.05) is 19.8 Å². The van der Waals surface area contributed by atoms with Crippen LogP contribution in [0.15, 0.2) is 0 Å². The summed E-state index contributed by atoms with van der Waals surface area (Å²) in [7, 11) is 0. The third-order valence-electron chi connectivity index (χ3n) is 3.67. The maximum Gasteiger partial charge on any atom is 0.234 e. The summed E-state index contributed by atoms with van der Waals surface area (Å²) in [4.78, 5) is 11.4. The topological polar surface area (TPSA) is 41.1 Å². The van der Waals surface area contributed by atoms with E-state index >= 15 is 0 Å². The first kappa shape index (κ1) is 10.9. The van der Waals surface area contributed by atoms with Crippen molar-refractivity contribution in [2.24, 2.45) is 11.8 Å². The molecule has 3 nitrogen and oxygen atoms in total. The van der Waals surface area contributed by atoms with Crippen molar-refractivity contribution in [2.45, 2.75) is 45.1 Å². The third-order valence-corrected chi connectivity index (χ3v) is 3.67. The van der Waals surface area contributed by atoms with Crippen molar-refractivity contribution in [1.82, 2.24) is 10.6 Å². The molecule has 2 N–H and O–H groups in total. The lowest BCUT2D eigenvalue weighted by molar-refractivity contribution is -0.120. The van der Waals surface area contributed by atoms with Crippen molar-refractivity contribution in [2.75, 3.05) is 13.1 Å². The van der Waals surface area contributed by atoms with Crippen LogP contribution in [0.5, 0.6) is 0 Å². The fraction of sp³-hybridized carbons (Fsp3) is 0.917. The Labute approximate surface area is 92.0 Å². The van der Waals surface area contributed by atoms with Crippen LogP contribution in [0.25, 0.3) is 0 Å². The number of hydrogen-bond acceptors (Lipinski definition) is 2. The molecule has 0 spiro atoms. The van der Waals surface area contributed by atoms with Crippen LogP contribution >= 0.6 is 0 Å². The number of rotatable bonds is 5. The van der Waals surface area contributed by atoms with Gasteiger partial charge in [-0.3, -0.25) is 4.79 Å². The molecule has 15 heavy (non-hydrogen) atoms. The molecule has 2 unspecified atom stereocenters. The predicted octanol–water partition coefficient (Wildman–Crippen LogP) is 1.29. The molecule has 0 aromatic carbocycles. The molecule has 3 heteroatoms. The van der Waals surface area contributed by atoms with Gasteiger partial charge in [-0.05, 0) is 37.6 Å². The molecule has 2 atom stereocenters. The first-order chi connectivity index (χ1) is 7.25. The van der Waals surface area contributed by atoms with E-state index in [2.05, 4.69) is 17.6 Å². The Morgan fingerprint density at radius 3 is 2.67 bits per heavy atom. The number of nitrogens with one attached hydrogen (secondary N) is 2. The lowest BCUT2D eigenvalue weighted by atomic mass is 9.98. The Morgan fingerprint density at radius 1 is 1.27 bits per heavy atom. The standard InChI is InChI=1S/C12H22N2O/c1-9-3-2-4-10(9)7-13-8-12(15)14-11-5-6-11/h9-11,13H,2-8H2,1H3,(H,14,15). The summed E-state index contributed by atoms with van der Waals surface area (Å²) in [6.07, 6.45) is 6.40. The van der Waals surface area contributed by atoms with E-state index in [1.165, 1.54) is 32.1 Å². The van der Waals surface area contributed by atoms with E-state index in [0.717, 1.165) is 18.4 Å². The van der Waals surface area contributed by atoms with Crippen LogP contribution in [-0.4, -0.2) is 25.0 Å². The molecular formula is C12H22N2O. The van der Waals surface area contributed by atoms with Gasteiger partial charge in [0.2, 0.25) is 5.91 Å². The summed E-state index contributed by atoms with van der Waals surface area (Å²) < 4.78 is 0. The Morgan fingerprint density at radius 2 is 2.07 bits per heavy atom. The quantitative estimate of drug-likeness (QED) is 0.718. The average Bonchev–Trinajstić information content (AvgIpc) is 2.91. The van der Waals surface area contributed by atoms with Crippen LogP contribution in [0.1, 0.15) is 39.0 Å². The van der Waals surface area contributed by atoms with Crippen LogP contribution in [-0.2, 0) is 4.79 Å². The number of carbonyl (C=O) groups is 1. The summed E-state index contributed by atoms with van der Waals surface area (Å²) in [5, 5.41) is 6.27. The van der Waals surface area contributed by atoms with Gasteiger partial charge in [0.05, 0.1) is 6.54 Å². The highest BCUT2D eigenvalue weighted by atomic mass is 16.2. The second kappa shape index (κ2) is 4.97. The highest BCUT2D eigenvalue weighted by Crippen LogP contribution is 2.30. The molecule has 0 aliphatic heterocycles. The Kier molecular flexibility index (Phi) is 3.62. The molecule has 2 aliphatic carbocycles. The van der Waals surface area contributed by atoms with E-state index in [-0.39, 0.29) is 5.91 Å². The van der Waals surface area contributed by atoms with Crippen LogP contribution < -0.4 is 10.6 Å². The van der Waals surface area contributed by atoms with E-state index in [4.69, 9.17) is 0 Å². The zero-order chi connectivity index (χ0) is 10.7. The maximum absolute atomic E-state index is 11.4. The minimum atomic E-state index is 0.170. The van der Waals surface area contributed by atoms with E-state index in [1.807, 2.05) is 0 Å². The normalized spacial score (nSPS) is 30.5. The molecule has 0 aromatic heterocycles. The minimum Gasteiger partial charge on any atom is -0.352 e. The summed E-state index contributed by atoms with van der Waals surface area (Å²) in [5.74, 6) is 1.80. The van der Waals surface area contributed by atoms with Crippen molar-refractivity contribution >= 4 is 5.91 Å². The zero-order valence-corrected chi connectivity index (χ0v) is 9.59. The van der Waals surface area contributed by atoms with E-state index in [1.54, 1.807) is 0 Å². The van der Waals surface area contributed by atoms with Gasteiger partial charge in [-0.25, -0.2) is 0 Å². The second-order valence-electron chi connectivity index (χ2n) is 5.14. The van der Waals surface area contributed by atoms with E-state index < -0.39 is 0 Å². The molecule has 2 saturated carbocycles. The van der Waals surface area contributed by atoms with Crippen LogP contribution in [0, 0.1) is 11.8 Å². The van der Waals surface area contributed by atoms with Crippen LogP contribution in [0.2, 0.25) is 0 Å². The molecule has 0 heterocycles. The SMILES string of the molecule is CC1CCCC1CNCC(=O)NC1CC1. The average molecular weight is 210 g/mol. The van der Waals surface area contributed by atoms with Gasteiger partial charge < -0.3 is 10.6 Å². The summed E-state index contributed by atoms with van der Waals surface area (Å²) >= 11 is 0. The van der Waals surface area contributed by atoms with E-state index in [0.29, 0.717) is 12.6 Å². The third kappa shape index (κ3) is 3.49. The maximum atomic E-state index is 11.4. The van der Waals surface area contributed by atoms with Gasteiger partial charge in [0.15, 0.2) is 0 Å². The van der Waals surface area contributed by atoms with Crippen molar-refractivity contribution in [3.8, 4) is 0 Å². The molecule has 0 bridgehead atoms. The van der Waals surface area contributed by atoms with Crippen molar-refractivity contribution < 1.29 is 4.79 Å². The molecule has 1 amide bonds. The Balaban J connectivity index is 1.55. The van der Waals surface area contributed by atoms with Gasteiger partial charge in [0.1, 0.15) is 0 Å². The molecular weight excluding hydrogens is 188 g/mol. The van der Waals surface area contributed by atoms with Gasteiger partial charge in [-0.15, -0.1) is 0 Å². The largest absolute Gasteiger partial charge is 0.352 e. The summed E-state index contributed by atoms with van der Waals surface area (Å²) in [6, 6.07) is 0.490. The van der Waals surface area contributed by atoms with Gasteiger partial charge in [-0.2, -0.15) is 0 Å². The molecule has 0 saturated heterocycles. The van der Waals surface area contributed by atoms with E-state index in [9.17, 15) is 4.79 Å². The monoisotopic (exact) mass is 210 g/mol. The number of hydrogen-bond donors (Lipinski definition) is 2. The second-order valence-corrected chi connectivity index (χ2v) is 5.14. The highest BCUT2D eigenvalue weighted by molar-refractivity contribution is 5.78. The summed E-state index contributed by atoms with van der Waals surface area (Å²) in [5.41, 5.74) is 0. The molecule has 2 fully saturated rings. The van der Waals surface area contributed by atoms with Crippen molar-refractivity contribution in [1.29, 1.82) is 0 Å². The molecule has 0 aromatic rings. The van der Waals surface area contributed by atoms with Crippen molar-refractivity contribution in [3.63, 3.8) is 0 Å². The Bertz CT molecular complexity index is 226. The number of carbonyl (C=O) groups excluding carboxylic acids is 1. The molecule has 2 aliphatic rings. The van der Waals surface area contributed by atoms with Gasteiger partial charge in [0, 0.05) is 6.04 Å².